The lowest BCUT2D eigenvalue weighted by molar-refractivity contribution is -0.194. The number of hydrogen-bond acceptors (Lipinski definition) is 3. The highest BCUT2D eigenvalue weighted by molar-refractivity contribution is 6.06. The van der Waals surface area contributed by atoms with E-state index < -0.39 is 10.8 Å². The van der Waals surface area contributed by atoms with Gasteiger partial charge in [0.1, 0.15) is 0 Å². The molecule has 1 saturated carbocycles. The third-order valence-corrected chi connectivity index (χ3v) is 9.05. The van der Waals surface area contributed by atoms with E-state index in [0.29, 0.717) is 13.0 Å². The van der Waals surface area contributed by atoms with E-state index in [1.54, 1.807) is 0 Å². The van der Waals surface area contributed by atoms with Crippen LogP contribution < -0.4 is 0 Å². The Labute approximate surface area is 190 Å². The zero-order valence-corrected chi connectivity index (χ0v) is 20.3. The molecule has 170 valence electrons. The number of aromatic nitrogens is 1. The maximum absolute atomic E-state index is 14.5. The number of nitrogens with zero attached hydrogens (tertiary/aromatic N) is 2. The van der Waals surface area contributed by atoms with Gasteiger partial charge in [0.2, 0.25) is 5.91 Å². The first kappa shape index (κ1) is 21.3. The number of rotatable bonds is 1. The molecular formula is C27H34N2O3. The molecule has 1 aromatic heterocycles. The van der Waals surface area contributed by atoms with Crippen molar-refractivity contribution in [2.45, 2.75) is 60.4 Å². The standard InChI is InChI=1S/C27H34N2O3/c1-24(2,3)21-20-18(17-10-8-9-11-19(17)28(20)7)12-15-29(21)22(30)27-14-13-26(6,25(27,4)5)16-32-23(27)31/h8-12,15,21H,13-14,16H2,1-7H3/t21-,26+,27+/m1/s1. The Morgan fingerprint density at radius 3 is 2.50 bits per heavy atom. The lowest BCUT2D eigenvalue weighted by Gasteiger charge is -2.52. The molecule has 1 saturated heterocycles. The van der Waals surface area contributed by atoms with Gasteiger partial charge in [-0.05, 0) is 35.8 Å². The van der Waals surface area contributed by atoms with E-state index in [-0.39, 0.29) is 28.7 Å². The van der Waals surface area contributed by atoms with Gasteiger partial charge < -0.3 is 14.2 Å². The highest BCUT2D eigenvalue weighted by Crippen LogP contribution is 2.67. The summed E-state index contributed by atoms with van der Waals surface area (Å²) in [6.45, 7) is 13.2. The highest BCUT2D eigenvalue weighted by atomic mass is 16.5. The number of fused-ring (bicyclic) bond motifs is 5. The fourth-order valence-electron chi connectivity index (χ4n) is 6.58. The number of benzene rings is 1. The monoisotopic (exact) mass is 434 g/mol. The Balaban J connectivity index is 1.70. The molecular weight excluding hydrogens is 400 g/mol. The molecule has 3 atom stereocenters. The summed E-state index contributed by atoms with van der Waals surface area (Å²) in [5, 5.41) is 1.19. The SMILES string of the molecule is Cn1c2c(c3ccccc31)C=CN(C(=O)[C@@]13CC[C@@](C)(COC1=O)C3(C)C)[C@H]2C(C)(C)C. The lowest BCUT2D eigenvalue weighted by Crippen LogP contribution is -2.61. The second kappa shape index (κ2) is 6.27. The second-order valence-electron chi connectivity index (χ2n) is 11.8. The summed E-state index contributed by atoms with van der Waals surface area (Å²) in [6.07, 6.45) is 5.31. The maximum atomic E-state index is 14.5. The molecule has 3 aliphatic rings. The Kier molecular flexibility index (Phi) is 4.17. The fraction of sp³-hybridized carbons (Fsp3) is 0.556. The summed E-state index contributed by atoms with van der Waals surface area (Å²) < 4.78 is 7.88. The number of aryl methyl sites for hydroxylation is 1. The quantitative estimate of drug-likeness (QED) is 0.443. The molecule has 0 N–H and O–H groups in total. The van der Waals surface area contributed by atoms with Crippen LogP contribution in [0.25, 0.3) is 17.0 Å². The van der Waals surface area contributed by atoms with Crippen molar-refractivity contribution < 1.29 is 14.3 Å². The van der Waals surface area contributed by atoms with E-state index in [1.165, 1.54) is 5.39 Å². The molecule has 5 nitrogen and oxygen atoms in total. The van der Waals surface area contributed by atoms with Crippen molar-refractivity contribution in [2.75, 3.05) is 6.61 Å². The average Bonchev–Trinajstić information content (AvgIpc) is 3.07. The summed E-state index contributed by atoms with van der Waals surface area (Å²) in [4.78, 5) is 29.6. The summed E-state index contributed by atoms with van der Waals surface area (Å²) in [7, 11) is 2.07. The Morgan fingerprint density at radius 2 is 1.81 bits per heavy atom. The maximum Gasteiger partial charge on any atom is 0.322 e. The Hall–Kier alpha value is -2.56. The van der Waals surface area contributed by atoms with Crippen LogP contribution in [0.1, 0.15) is 71.7 Å². The first-order valence-corrected chi connectivity index (χ1v) is 11.6. The number of esters is 1. The molecule has 32 heavy (non-hydrogen) atoms. The minimum absolute atomic E-state index is 0.122. The molecule has 1 aromatic carbocycles. The third-order valence-electron chi connectivity index (χ3n) is 9.05. The summed E-state index contributed by atoms with van der Waals surface area (Å²) in [6, 6.07) is 8.16. The van der Waals surface area contributed by atoms with Gasteiger partial charge in [0, 0.05) is 40.8 Å². The van der Waals surface area contributed by atoms with Crippen LogP contribution in [0.3, 0.4) is 0 Å². The minimum atomic E-state index is -1.16. The number of carbonyl (C=O) groups is 2. The Bertz CT molecular complexity index is 1180. The van der Waals surface area contributed by atoms with Gasteiger partial charge >= 0.3 is 5.97 Å². The van der Waals surface area contributed by atoms with Crippen molar-refractivity contribution in [1.82, 2.24) is 9.47 Å². The number of amides is 1. The molecule has 2 aliphatic heterocycles. The lowest BCUT2D eigenvalue weighted by atomic mass is 9.57. The van der Waals surface area contributed by atoms with Gasteiger partial charge in [-0.25, -0.2) is 0 Å². The van der Waals surface area contributed by atoms with Crippen LogP contribution in [0, 0.1) is 21.7 Å². The van der Waals surface area contributed by atoms with Crippen LogP contribution in [0.15, 0.2) is 30.5 Å². The number of para-hydroxylation sites is 1. The van der Waals surface area contributed by atoms with Gasteiger partial charge in [0.05, 0.1) is 12.6 Å². The number of hydrogen-bond donors (Lipinski definition) is 0. The Morgan fingerprint density at radius 1 is 1.12 bits per heavy atom. The van der Waals surface area contributed by atoms with Gasteiger partial charge in [-0.15, -0.1) is 0 Å². The van der Waals surface area contributed by atoms with Crippen molar-refractivity contribution in [2.24, 2.45) is 28.7 Å². The van der Waals surface area contributed by atoms with Gasteiger partial charge in [-0.3, -0.25) is 9.59 Å². The molecule has 2 aromatic rings. The smallest absolute Gasteiger partial charge is 0.322 e. The summed E-state index contributed by atoms with van der Waals surface area (Å²) in [5.41, 5.74) is 1.35. The molecule has 0 spiro atoms. The molecule has 3 heterocycles. The molecule has 2 bridgehead atoms. The molecule has 0 radical (unpaired) electrons. The van der Waals surface area contributed by atoms with E-state index in [2.05, 4.69) is 71.4 Å². The normalized spacial score (nSPS) is 31.0. The first-order chi connectivity index (χ1) is 14.9. The summed E-state index contributed by atoms with van der Waals surface area (Å²) >= 11 is 0. The van der Waals surface area contributed by atoms with Crippen molar-refractivity contribution in [3.05, 3.63) is 41.7 Å². The zero-order valence-electron chi connectivity index (χ0n) is 20.3. The van der Waals surface area contributed by atoms with Crippen molar-refractivity contribution >= 4 is 28.9 Å². The number of cyclic esters (lactones) is 1. The zero-order chi connectivity index (χ0) is 23.3. The predicted octanol–water partition coefficient (Wildman–Crippen LogP) is 5.45. The van der Waals surface area contributed by atoms with Gasteiger partial charge in [-0.1, -0.05) is 59.7 Å². The predicted molar refractivity (Wildman–Crippen MR) is 126 cm³/mol. The largest absolute Gasteiger partial charge is 0.464 e. The van der Waals surface area contributed by atoms with Crippen LogP contribution in [0.5, 0.6) is 0 Å². The van der Waals surface area contributed by atoms with Crippen LogP contribution >= 0.6 is 0 Å². The van der Waals surface area contributed by atoms with Gasteiger partial charge in [0.25, 0.3) is 0 Å². The van der Waals surface area contributed by atoms with E-state index in [1.807, 2.05) is 23.2 Å². The average molecular weight is 435 g/mol. The van der Waals surface area contributed by atoms with Crippen molar-refractivity contribution in [3.8, 4) is 0 Å². The molecule has 5 heteroatoms. The van der Waals surface area contributed by atoms with E-state index in [9.17, 15) is 9.59 Å². The minimum Gasteiger partial charge on any atom is -0.464 e. The van der Waals surface area contributed by atoms with Crippen molar-refractivity contribution in [3.63, 3.8) is 0 Å². The molecule has 1 amide bonds. The molecule has 5 rings (SSSR count). The van der Waals surface area contributed by atoms with Crippen LogP contribution in [0.2, 0.25) is 0 Å². The number of carbonyl (C=O) groups excluding carboxylic acids is 2. The van der Waals surface area contributed by atoms with E-state index >= 15 is 0 Å². The van der Waals surface area contributed by atoms with Crippen LogP contribution in [-0.2, 0) is 21.4 Å². The van der Waals surface area contributed by atoms with Crippen LogP contribution in [-0.4, -0.2) is 28.0 Å². The van der Waals surface area contributed by atoms with Crippen molar-refractivity contribution in [1.29, 1.82) is 0 Å². The first-order valence-electron chi connectivity index (χ1n) is 11.6. The second-order valence-corrected chi connectivity index (χ2v) is 11.8. The van der Waals surface area contributed by atoms with Gasteiger partial charge in [0.15, 0.2) is 5.41 Å². The molecule has 2 fully saturated rings. The van der Waals surface area contributed by atoms with E-state index in [4.69, 9.17) is 4.74 Å². The summed E-state index contributed by atoms with van der Waals surface area (Å²) in [5.74, 6) is -0.477. The van der Waals surface area contributed by atoms with Crippen LogP contribution in [0.4, 0.5) is 0 Å². The molecule has 0 unspecified atom stereocenters. The third kappa shape index (κ3) is 2.35. The molecule has 1 aliphatic carbocycles. The van der Waals surface area contributed by atoms with Gasteiger partial charge in [-0.2, -0.15) is 0 Å². The topological polar surface area (TPSA) is 51.5 Å². The highest BCUT2D eigenvalue weighted by Gasteiger charge is 2.72. The van der Waals surface area contributed by atoms with E-state index in [0.717, 1.165) is 23.2 Å². The fourth-order valence-corrected chi connectivity index (χ4v) is 6.58. The number of ether oxygens (including phenoxy) is 1.